The van der Waals surface area contributed by atoms with Crippen LogP contribution in [0.2, 0.25) is 5.02 Å². The van der Waals surface area contributed by atoms with Gasteiger partial charge in [-0.15, -0.1) is 0 Å². The van der Waals surface area contributed by atoms with Gasteiger partial charge in [0, 0.05) is 17.0 Å². The highest BCUT2D eigenvalue weighted by Gasteiger charge is 2.41. The van der Waals surface area contributed by atoms with Crippen LogP contribution < -0.4 is 0 Å². The highest BCUT2D eigenvalue weighted by Crippen LogP contribution is 2.42. The van der Waals surface area contributed by atoms with E-state index in [2.05, 4.69) is 4.90 Å². The lowest BCUT2D eigenvalue weighted by Gasteiger charge is -2.42. The molecule has 4 heteroatoms. The molecule has 3 aromatic rings. The summed E-state index contributed by atoms with van der Waals surface area (Å²) in [7, 11) is 0. The molecule has 1 heterocycles. The van der Waals surface area contributed by atoms with Gasteiger partial charge in [-0.1, -0.05) is 84.4 Å². The maximum atomic E-state index is 12.3. The van der Waals surface area contributed by atoms with Crippen molar-refractivity contribution in [2.24, 2.45) is 5.92 Å². The Morgan fingerprint density at radius 2 is 1.44 bits per heavy atom. The Balaban J connectivity index is 1.38. The van der Waals surface area contributed by atoms with Crippen LogP contribution in [0.25, 0.3) is 0 Å². The molecule has 4 rings (SSSR count). The fourth-order valence-electron chi connectivity index (χ4n) is 4.84. The number of hydrogen-bond donors (Lipinski definition) is 1. The molecule has 3 nitrogen and oxygen atoms in total. The summed E-state index contributed by atoms with van der Waals surface area (Å²) in [4.78, 5) is 14.8. The second-order valence-electron chi connectivity index (χ2n) is 8.65. The molecule has 1 aliphatic rings. The van der Waals surface area contributed by atoms with Gasteiger partial charge >= 0.3 is 0 Å². The number of nitrogens with zero attached hydrogens (tertiary/aromatic N) is 1. The van der Waals surface area contributed by atoms with Crippen LogP contribution in [0.15, 0.2) is 84.9 Å². The smallest absolute Gasteiger partial charge is 0.162 e. The van der Waals surface area contributed by atoms with Crippen molar-refractivity contribution in [2.75, 3.05) is 19.6 Å². The lowest BCUT2D eigenvalue weighted by atomic mass is 9.72. The van der Waals surface area contributed by atoms with Gasteiger partial charge in [-0.2, -0.15) is 0 Å². The molecule has 1 fully saturated rings. The van der Waals surface area contributed by atoms with Gasteiger partial charge in [0.15, 0.2) is 5.78 Å². The van der Waals surface area contributed by atoms with Crippen molar-refractivity contribution in [2.45, 2.75) is 31.3 Å². The van der Waals surface area contributed by atoms with Crippen molar-refractivity contribution in [1.29, 1.82) is 0 Å². The molecule has 1 atom stereocenters. The van der Waals surface area contributed by atoms with Gasteiger partial charge in [-0.25, -0.2) is 0 Å². The zero-order chi connectivity index (χ0) is 22.4. The van der Waals surface area contributed by atoms with Crippen LogP contribution in [0.5, 0.6) is 0 Å². The number of likely N-dealkylation sites (tertiary alicyclic amines) is 1. The predicted octanol–water partition coefficient (Wildman–Crippen LogP) is 5.95. The fourth-order valence-corrected chi connectivity index (χ4v) is 4.97. The van der Waals surface area contributed by atoms with E-state index in [1.807, 2.05) is 84.9 Å². The lowest BCUT2D eigenvalue weighted by Crippen LogP contribution is -2.44. The van der Waals surface area contributed by atoms with E-state index in [0.29, 0.717) is 11.4 Å². The number of piperidine rings is 1. The minimum absolute atomic E-state index is 0.119. The maximum absolute atomic E-state index is 12.3. The monoisotopic (exact) mass is 447 g/mol. The number of rotatable bonds is 8. The molecule has 3 aromatic carbocycles. The Hall–Kier alpha value is -2.46. The summed E-state index contributed by atoms with van der Waals surface area (Å²) in [6, 6.07) is 27.1. The fraction of sp³-hybridized carbons (Fsp3) is 0.321. The van der Waals surface area contributed by atoms with Gasteiger partial charge in [-0.3, -0.25) is 4.79 Å². The van der Waals surface area contributed by atoms with Crippen molar-refractivity contribution in [3.63, 3.8) is 0 Å². The van der Waals surface area contributed by atoms with Gasteiger partial charge in [0.05, 0.1) is 0 Å². The summed E-state index contributed by atoms with van der Waals surface area (Å²) in [6.45, 7) is 2.76. The number of benzene rings is 3. The number of Topliss-reactive ketones (excluding diaryl/α,β-unsaturated/α-hetero) is 1. The minimum atomic E-state index is -1.04. The van der Waals surface area contributed by atoms with Crippen LogP contribution in [0, 0.1) is 5.92 Å². The summed E-state index contributed by atoms with van der Waals surface area (Å²) in [5, 5.41) is 12.7. The molecule has 1 saturated heterocycles. The van der Waals surface area contributed by atoms with Crippen LogP contribution in [-0.4, -0.2) is 35.4 Å². The molecule has 0 spiro atoms. The van der Waals surface area contributed by atoms with Crippen molar-refractivity contribution in [1.82, 2.24) is 4.90 Å². The average molecular weight is 448 g/mol. The molecular formula is C28H30ClNO2. The third kappa shape index (κ3) is 5.12. The number of hydrogen-bond acceptors (Lipinski definition) is 3. The van der Waals surface area contributed by atoms with E-state index in [0.717, 1.165) is 55.6 Å². The molecule has 0 amide bonds. The first kappa shape index (κ1) is 22.7. The lowest BCUT2D eigenvalue weighted by molar-refractivity contribution is -0.0142. The first-order chi connectivity index (χ1) is 15.6. The zero-order valence-electron chi connectivity index (χ0n) is 18.3. The normalized spacial score (nSPS) is 17.1. The van der Waals surface area contributed by atoms with E-state index in [-0.39, 0.29) is 11.7 Å². The van der Waals surface area contributed by atoms with Crippen LogP contribution in [0.1, 0.15) is 47.2 Å². The number of carbonyl (C=O) groups excluding carboxylic acids is 1. The standard InChI is InChI=1S/C28H30ClNO2/c29-26-15-13-24(14-16-26)28(32,23-10-5-2-6-11-23)25-17-20-30(21-18-25)19-7-12-27(31)22-8-3-1-4-9-22/h1-6,8-11,13-16,25,32H,7,12,17-21H2. The second-order valence-corrected chi connectivity index (χ2v) is 9.08. The zero-order valence-corrected chi connectivity index (χ0v) is 19.0. The highest BCUT2D eigenvalue weighted by molar-refractivity contribution is 6.30. The highest BCUT2D eigenvalue weighted by atomic mass is 35.5. The Bertz CT molecular complexity index is 999. The maximum Gasteiger partial charge on any atom is 0.162 e. The van der Waals surface area contributed by atoms with Gasteiger partial charge in [0.1, 0.15) is 5.60 Å². The van der Waals surface area contributed by atoms with E-state index in [1.165, 1.54) is 0 Å². The number of carbonyl (C=O) groups is 1. The SMILES string of the molecule is O=C(CCCN1CCC(C(O)(c2ccccc2)c2ccc(Cl)cc2)CC1)c1ccccc1. The number of aliphatic hydroxyl groups is 1. The third-order valence-corrected chi connectivity index (χ3v) is 6.90. The molecule has 0 saturated carbocycles. The Morgan fingerprint density at radius 1 is 0.875 bits per heavy atom. The first-order valence-electron chi connectivity index (χ1n) is 11.4. The van der Waals surface area contributed by atoms with Crippen LogP contribution in [0.4, 0.5) is 0 Å². The molecule has 1 unspecified atom stereocenters. The summed E-state index contributed by atoms with van der Waals surface area (Å²) < 4.78 is 0. The van der Waals surface area contributed by atoms with Crippen LogP contribution >= 0.6 is 11.6 Å². The second kappa shape index (κ2) is 10.4. The topological polar surface area (TPSA) is 40.5 Å². The molecule has 166 valence electrons. The van der Waals surface area contributed by atoms with Crippen molar-refractivity contribution < 1.29 is 9.90 Å². The molecule has 1 aliphatic heterocycles. The number of ketones is 1. The Labute approximate surface area is 195 Å². The van der Waals surface area contributed by atoms with Gasteiger partial charge in [0.25, 0.3) is 0 Å². The van der Waals surface area contributed by atoms with Crippen molar-refractivity contribution in [3.8, 4) is 0 Å². The number of halogens is 1. The quantitative estimate of drug-likeness (QED) is 0.433. The van der Waals surface area contributed by atoms with E-state index >= 15 is 0 Å². The van der Waals surface area contributed by atoms with E-state index in [4.69, 9.17) is 11.6 Å². The van der Waals surface area contributed by atoms with Crippen molar-refractivity contribution >= 4 is 17.4 Å². The summed E-state index contributed by atoms with van der Waals surface area (Å²) in [6.07, 6.45) is 3.24. The summed E-state index contributed by atoms with van der Waals surface area (Å²) in [5.74, 6) is 0.329. The predicted molar refractivity (Wildman–Crippen MR) is 130 cm³/mol. The van der Waals surface area contributed by atoms with E-state index < -0.39 is 5.60 Å². The van der Waals surface area contributed by atoms with Crippen LogP contribution in [-0.2, 0) is 5.60 Å². The van der Waals surface area contributed by atoms with Gasteiger partial charge < -0.3 is 10.0 Å². The Morgan fingerprint density at radius 3 is 2.06 bits per heavy atom. The minimum Gasteiger partial charge on any atom is -0.380 e. The third-order valence-electron chi connectivity index (χ3n) is 6.65. The molecule has 0 aliphatic carbocycles. The average Bonchev–Trinajstić information content (AvgIpc) is 2.85. The van der Waals surface area contributed by atoms with E-state index in [9.17, 15) is 9.90 Å². The van der Waals surface area contributed by atoms with E-state index in [1.54, 1.807) is 0 Å². The molecule has 32 heavy (non-hydrogen) atoms. The Kier molecular flexibility index (Phi) is 7.41. The first-order valence-corrected chi connectivity index (χ1v) is 11.8. The summed E-state index contributed by atoms with van der Waals surface area (Å²) in [5.41, 5.74) is 1.57. The molecule has 0 bridgehead atoms. The molecular weight excluding hydrogens is 418 g/mol. The summed E-state index contributed by atoms with van der Waals surface area (Å²) >= 11 is 6.11. The van der Waals surface area contributed by atoms with Gasteiger partial charge in [-0.05, 0) is 68.1 Å². The largest absolute Gasteiger partial charge is 0.380 e. The van der Waals surface area contributed by atoms with Gasteiger partial charge in [0.2, 0.25) is 0 Å². The van der Waals surface area contributed by atoms with Crippen molar-refractivity contribution in [3.05, 3.63) is 107 Å². The molecule has 0 aromatic heterocycles. The molecule has 1 N–H and O–H groups in total. The van der Waals surface area contributed by atoms with Crippen LogP contribution in [0.3, 0.4) is 0 Å². The molecule has 0 radical (unpaired) electrons.